The number of esters is 1. The van der Waals surface area contributed by atoms with E-state index in [0.29, 0.717) is 12.1 Å². The van der Waals surface area contributed by atoms with Gasteiger partial charge in [0.15, 0.2) is 5.84 Å². The van der Waals surface area contributed by atoms with Crippen molar-refractivity contribution in [3.05, 3.63) is 59.7 Å². The summed E-state index contributed by atoms with van der Waals surface area (Å²) in [6, 6.07) is 11.6. The number of piperazine rings is 1. The molecular weight excluding hydrogens is 528 g/mol. The number of oxime groups is 1. The van der Waals surface area contributed by atoms with Crippen LogP contribution in [0.4, 0.5) is 5.69 Å². The summed E-state index contributed by atoms with van der Waals surface area (Å²) in [5.74, 6) is -1.69. The number of hydrogen-bond donors (Lipinski definition) is 4. The Hall–Kier alpha value is -4.17. The Bertz CT molecular complexity index is 1310. The van der Waals surface area contributed by atoms with Gasteiger partial charge >= 0.3 is 5.97 Å². The highest BCUT2D eigenvalue weighted by molar-refractivity contribution is 7.89. The molecule has 1 atom stereocenters. The molecule has 14 heteroatoms. The Kier molecular flexibility index (Phi) is 9.84. The molecule has 0 bridgehead atoms. The maximum Gasteiger partial charge on any atom is 0.326 e. The average Bonchev–Trinajstić information content (AvgIpc) is 2.92. The molecule has 1 aliphatic rings. The second-order valence-corrected chi connectivity index (χ2v) is 10.5. The summed E-state index contributed by atoms with van der Waals surface area (Å²) in [5, 5.41) is 14.3. The normalized spacial score (nSPS) is 15.1. The van der Waals surface area contributed by atoms with Crippen molar-refractivity contribution in [2.24, 2.45) is 10.9 Å². The number of benzene rings is 2. The first kappa shape index (κ1) is 29.4. The van der Waals surface area contributed by atoms with E-state index < -0.39 is 27.9 Å². The lowest BCUT2D eigenvalue weighted by Crippen LogP contribution is -2.54. The summed E-state index contributed by atoms with van der Waals surface area (Å²) in [7, 11) is -4.06. The number of hydrogen-bond acceptors (Lipinski definition) is 9. The Balaban J connectivity index is 1.56. The smallest absolute Gasteiger partial charge is 0.326 e. The van der Waals surface area contributed by atoms with Gasteiger partial charge in [-0.15, -0.1) is 0 Å². The summed E-state index contributed by atoms with van der Waals surface area (Å²) in [4.78, 5) is 40.9. The van der Waals surface area contributed by atoms with Gasteiger partial charge < -0.3 is 30.8 Å². The molecule has 0 aromatic heterocycles. The minimum atomic E-state index is -4.06. The van der Waals surface area contributed by atoms with Crippen molar-refractivity contribution in [1.29, 1.82) is 0 Å². The minimum absolute atomic E-state index is 0.0263. The zero-order valence-corrected chi connectivity index (χ0v) is 22.5. The van der Waals surface area contributed by atoms with E-state index in [-0.39, 0.29) is 49.4 Å². The molecule has 1 aliphatic heterocycles. The second kappa shape index (κ2) is 13.1. The van der Waals surface area contributed by atoms with Crippen LogP contribution >= 0.6 is 0 Å². The fraction of sp³-hybridized carbons (Fsp3) is 0.360. The maximum atomic E-state index is 12.8. The van der Waals surface area contributed by atoms with Crippen molar-refractivity contribution in [2.75, 3.05) is 44.2 Å². The van der Waals surface area contributed by atoms with E-state index >= 15 is 0 Å². The van der Waals surface area contributed by atoms with Crippen LogP contribution in [0.2, 0.25) is 0 Å². The van der Waals surface area contributed by atoms with Crippen LogP contribution in [0.5, 0.6) is 0 Å². The van der Waals surface area contributed by atoms with Gasteiger partial charge in [-0.05, 0) is 50.2 Å². The Morgan fingerprint density at radius 2 is 1.79 bits per heavy atom. The first-order chi connectivity index (χ1) is 18.5. The molecule has 1 saturated heterocycles. The van der Waals surface area contributed by atoms with Gasteiger partial charge in [0.05, 0.1) is 24.6 Å². The van der Waals surface area contributed by atoms with Crippen molar-refractivity contribution < 1.29 is 32.7 Å². The highest BCUT2D eigenvalue weighted by atomic mass is 32.2. The van der Waals surface area contributed by atoms with Crippen molar-refractivity contribution in [3.8, 4) is 0 Å². The number of sulfonamides is 1. The molecule has 0 spiro atoms. The molecule has 210 valence electrons. The topological polar surface area (TPSA) is 184 Å². The van der Waals surface area contributed by atoms with Crippen molar-refractivity contribution in [2.45, 2.75) is 24.8 Å². The SMILES string of the molecule is CCOC(=O)[C@H](CNC(=O)CN1CCN(c2ccc(C(N)=NO)cc2)CC1=O)NS(=O)(=O)c1ccc(C)cc1. The van der Waals surface area contributed by atoms with Gasteiger partial charge in [-0.3, -0.25) is 14.4 Å². The number of amides is 2. The number of carbonyl (C=O) groups is 3. The van der Waals surface area contributed by atoms with Crippen LogP contribution in [-0.4, -0.2) is 87.5 Å². The van der Waals surface area contributed by atoms with Crippen LogP contribution in [0.3, 0.4) is 0 Å². The summed E-state index contributed by atoms with van der Waals surface area (Å²) in [5.41, 5.74) is 7.74. The van der Waals surface area contributed by atoms with E-state index in [0.717, 1.165) is 11.3 Å². The van der Waals surface area contributed by atoms with Gasteiger partial charge in [-0.1, -0.05) is 22.9 Å². The number of aryl methyl sites for hydroxylation is 1. The standard InChI is InChI=1S/C25H32N6O7S/c1-3-38-25(34)21(29-39(36,37)20-10-4-17(2)5-11-20)14-27-22(32)15-31-13-12-30(16-23(31)33)19-8-6-18(7-9-19)24(26)28-35/h4-11,21,29,35H,3,12-16H2,1-2H3,(H2,26,28)(H,27,32)/t21-/m0/s1. The van der Waals surface area contributed by atoms with Crippen LogP contribution in [0.15, 0.2) is 58.6 Å². The first-order valence-corrected chi connectivity index (χ1v) is 13.7. The third-order valence-corrected chi connectivity index (χ3v) is 7.48. The van der Waals surface area contributed by atoms with Crippen LogP contribution < -0.4 is 20.7 Å². The van der Waals surface area contributed by atoms with Gasteiger partial charge in [0, 0.05) is 30.9 Å². The molecule has 1 fully saturated rings. The van der Waals surface area contributed by atoms with Gasteiger partial charge in [-0.25, -0.2) is 8.42 Å². The van der Waals surface area contributed by atoms with Crippen molar-refractivity contribution in [1.82, 2.24) is 14.9 Å². The largest absolute Gasteiger partial charge is 0.465 e. The molecule has 0 saturated carbocycles. The third-order valence-electron chi connectivity index (χ3n) is 5.99. The number of amidine groups is 1. The summed E-state index contributed by atoms with van der Waals surface area (Å²) >= 11 is 0. The van der Waals surface area contributed by atoms with Crippen LogP contribution in [-0.2, 0) is 29.1 Å². The Morgan fingerprint density at radius 3 is 2.38 bits per heavy atom. The molecule has 0 aliphatic carbocycles. The molecule has 2 aromatic rings. The summed E-state index contributed by atoms with van der Waals surface area (Å²) in [6.45, 7) is 3.59. The van der Waals surface area contributed by atoms with E-state index in [1.807, 2.05) is 11.8 Å². The molecule has 2 amide bonds. The molecule has 13 nitrogen and oxygen atoms in total. The Morgan fingerprint density at radius 1 is 1.13 bits per heavy atom. The van der Waals surface area contributed by atoms with Crippen LogP contribution in [0.1, 0.15) is 18.1 Å². The number of nitrogens with two attached hydrogens (primary N) is 1. The van der Waals surface area contributed by atoms with Gasteiger partial charge in [0.2, 0.25) is 21.8 Å². The number of anilines is 1. The predicted octanol–water partition coefficient (Wildman–Crippen LogP) is -0.235. The lowest BCUT2D eigenvalue weighted by molar-refractivity contribution is -0.145. The fourth-order valence-corrected chi connectivity index (χ4v) is 5.02. The molecule has 0 unspecified atom stereocenters. The van der Waals surface area contributed by atoms with Crippen LogP contribution in [0, 0.1) is 6.92 Å². The van der Waals surface area contributed by atoms with Crippen molar-refractivity contribution in [3.63, 3.8) is 0 Å². The van der Waals surface area contributed by atoms with Gasteiger partial charge in [0.25, 0.3) is 0 Å². The van der Waals surface area contributed by atoms with E-state index in [2.05, 4.69) is 15.2 Å². The predicted molar refractivity (Wildman–Crippen MR) is 143 cm³/mol. The monoisotopic (exact) mass is 560 g/mol. The third kappa shape index (κ3) is 7.91. The Labute approximate surface area is 226 Å². The van der Waals surface area contributed by atoms with Gasteiger partial charge in [0.1, 0.15) is 6.04 Å². The van der Waals surface area contributed by atoms with E-state index in [1.54, 1.807) is 43.3 Å². The van der Waals surface area contributed by atoms with E-state index in [9.17, 15) is 22.8 Å². The lowest BCUT2D eigenvalue weighted by atomic mass is 10.1. The summed E-state index contributed by atoms with van der Waals surface area (Å²) < 4.78 is 32.8. The summed E-state index contributed by atoms with van der Waals surface area (Å²) in [6.07, 6.45) is 0. The molecule has 1 heterocycles. The highest BCUT2D eigenvalue weighted by Gasteiger charge is 2.29. The number of nitrogens with zero attached hydrogens (tertiary/aromatic N) is 3. The number of ether oxygens (including phenoxy) is 1. The van der Waals surface area contributed by atoms with E-state index in [4.69, 9.17) is 15.7 Å². The fourth-order valence-electron chi connectivity index (χ4n) is 3.83. The molecule has 39 heavy (non-hydrogen) atoms. The van der Waals surface area contributed by atoms with E-state index in [1.165, 1.54) is 17.0 Å². The first-order valence-electron chi connectivity index (χ1n) is 12.2. The lowest BCUT2D eigenvalue weighted by Gasteiger charge is -2.35. The molecule has 5 N–H and O–H groups in total. The quantitative estimate of drug-likeness (QED) is 0.0947. The number of rotatable bonds is 11. The zero-order valence-electron chi connectivity index (χ0n) is 21.7. The molecular formula is C25H32N6O7S. The second-order valence-electron chi connectivity index (χ2n) is 8.81. The molecule has 3 rings (SSSR count). The number of nitrogens with one attached hydrogen (secondary N) is 2. The molecule has 2 aromatic carbocycles. The van der Waals surface area contributed by atoms with Crippen LogP contribution in [0.25, 0.3) is 0 Å². The highest BCUT2D eigenvalue weighted by Crippen LogP contribution is 2.18. The number of carbonyl (C=O) groups excluding carboxylic acids is 3. The minimum Gasteiger partial charge on any atom is -0.465 e. The van der Waals surface area contributed by atoms with Gasteiger partial charge in [-0.2, -0.15) is 4.72 Å². The average molecular weight is 561 g/mol. The van der Waals surface area contributed by atoms with Crippen molar-refractivity contribution >= 4 is 39.3 Å². The molecule has 0 radical (unpaired) electrons. The zero-order chi connectivity index (χ0) is 28.6. The maximum absolute atomic E-state index is 12.8.